The maximum Gasteiger partial charge on any atom is 0.303 e. The van der Waals surface area contributed by atoms with Crippen molar-refractivity contribution in [2.75, 3.05) is 0 Å². The molecule has 1 heterocycles. The summed E-state index contributed by atoms with van der Waals surface area (Å²) in [4.78, 5) is 21.6. The summed E-state index contributed by atoms with van der Waals surface area (Å²) in [7, 11) is 0. The zero-order valence-corrected chi connectivity index (χ0v) is 9.86. The summed E-state index contributed by atoms with van der Waals surface area (Å²) < 4.78 is 5.30. The molecule has 0 aromatic carbocycles. The second-order valence-electron chi connectivity index (χ2n) is 3.89. The minimum atomic E-state index is -0.823. The van der Waals surface area contributed by atoms with E-state index in [0.29, 0.717) is 25.8 Å². The number of carbonyl (C=O) groups is 2. The topological polar surface area (TPSA) is 79.5 Å². The first-order valence-corrected chi connectivity index (χ1v) is 5.62. The lowest BCUT2D eigenvalue weighted by molar-refractivity contribution is -0.137. The number of unbranched alkanes of at least 4 members (excludes halogenated alkanes) is 1. The molecule has 2 N–H and O–H groups in total. The second kappa shape index (κ2) is 6.73. The van der Waals surface area contributed by atoms with E-state index in [1.807, 2.05) is 19.1 Å². The van der Waals surface area contributed by atoms with Crippen molar-refractivity contribution in [1.82, 2.24) is 5.32 Å². The molecule has 5 heteroatoms. The van der Waals surface area contributed by atoms with Crippen LogP contribution in [0.15, 0.2) is 16.5 Å². The van der Waals surface area contributed by atoms with Gasteiger partial charge in [-0.05, 0) is 31.9 Å². The third-order valence-electron chi connectivity index (χ3n) is 2.30. The van der Waals surface area contributed by atoms with Crippen molar-refractivity contribution < 1.29 is 19.1 Å². The summed E-state index contributed by atoms with van der Waals surface area (Å²) >= 11 is 0. The number of amides is 1. The highest BCUT2D eigenvalue weighted by molar-refractivity contribution is 5.75. The maximum atomic E-state index is 11.4. The first-order chi connectivity index (χ1) is 8.08. The quantitative estimate of drug-likeness (QED) is 0.711. The fourth-order valence-corrected chi connectivity index (χ4v) is 1.42. The Morgan fingerprint density at radius 3 is 2.59 bits per heavy atom. The molecule has 0 spiro atoms. The zero-order valence-electron chi connectivity index (χ0n) is 9.86. The number of carboxylic acids is 1. The molecule has 0 aliphatic heterocycles. The van der Waals surface area contributed by atoms with E-state index in [1.54, 1.807) is 0 Å². The molecule has 0 unspecified atom stereocenters. The Morgan fingerprint density at radius 2 is 2.00 bits per heavy atom. The fourth-order valence-electron chi connectivity index (χ4n) is 1.42. The molecule has 0 atom stereocenters. The molecule has 1 aromatic heterocycles. The largest absolute Gasteiger partial charge is 0.481 e. The van der Waals surface area contributed by atoms with Crippen molar-refractivity contribution in [2.24, 2.45) is 0 Å². The Bertz CT molecular complexity index is 384. The molecule has 1 rings (SSSR count). The van der Waals surface area contributed by atoms with Crippen LogP contribution in [0.3, 0.4) is 0 Å². The number of hydrogen-bond acceptors (Lipinski definition) is 3. The van der Waals surface area contributed by atoms with Gasteiger partial charge < -0.3 is 14.8 Å². The maximum absolute atomic E-state index is 11.4. The Balaban J connectivity index is 2.11. The highest BCUT2D eigenvalue weighted by atomic mass is 16.4. The van der Waals surface area contributed by atoms with Crippen LogP contribution in [0.4, 0.5) is 0 Å². The van der Waals surface area contributed by atoms with Gasteiger partial charge in [0, 0.05) is 12.8 Å². The summed E-state index contributed by atoms with van der Waals surface area (Å²) in [6.07, 6.45) is 1.59. The van der Waals surface area contributed by atoms with Crippen LogP contribution in [-0.2, 0) is 16.1 Å². The van der Waals surface area contributed by atoms with E-state index in [4.69, 9.17) is 9.52 Å². The van der Waals surface area contributed by atoms with Crippen LogP contribution in [0.2, 0.25) is 0 Å². The van der Waals surface area contributed by atoms with E-state index in [9.17, 15) is 9.59 Å². The lowest BCUT2D eigenvalue weighted by Crippen LogP contribution is -2.22. The summed E-state index contributed by atoms with van der Waals surface area (Å²) in [5, 5.41) is 11.1. The number of rotatable bonds is 7. The van der Waals surface area contributed by atoms with Crippen molar-refractivity contribution in [3.63, 3.8) is 0 Å². The van der Waals surface area contributed by atoms with E-state index >= 15 is 0 Å². The summed E-state index contributed by atoms with van der Waals surface area (Å²) in [5.74, 6) is 0.637. The number of carboxylic acid groups (broad SMARTS) is 1. The van der Waals surface area contributed by atoms with Crippen LogP contribution in [0.5, 0.6) is 0 Å². The molecule has 0 aliphatic rings. The lowest BCUT2D eigenvalue weighted by Gasteiger charge is -2.02. The first kappa shape index (κ1) is 13.3. The van der Waals surface area contributed by atoms with Gasteiger partial charge in [-0.1, -0.05) is 0 Å². The van der Waals surface area contributed by atoms with Gasteiger partial charge in [0.05, 0.1) is 6.54 Å². The van der Waals surface area contributed by atoms with Crippen molar-refractivity contribution >= 4 is 11.9 Å². The summed E-state index contributed by atoms with van der Waals surface area (Å²) in [6.45, 7) is 2.23. The Labute approximate surface area is 99.8 Å². The minimum absolute atomic E-state index is 0.0792. The number of aryl methyl sites for hydroxylation is 1. The molecular formula is C12H17NO4. The number of aliphatic carboxylic acids is 1. The smallest absolute Gasteiger partial charge is 0.303 e. The lowest BCUT2D eigenvalue weighted by atomic mass is 10.2. The standard InChI is InChI=1S/C12H17NO4/c1-9-6-7-10(17-9)8-13-11(14)4-2-3-5-12(15)16/h6-7H,2-5,8H2,1H3,(H,13,14)(H,15,16). The van der Waals surface area contributed by atoms with E-state index in [-0.39, 0.29) is 12.3 Å². The van der Waals surface area contributed by atoms with Gasteiger partial charge in [0.25, 0.3) is 0 Å². The van der Waals surface area contributed by atoms with E-state index in [0.717, 1.165) is 11.5 Å². The number of carbonyl (C=O) groups excluding carboxylic acids is 1. The van der Waals surface area contributed by atoms with Crippen LogP contribution in [0.25, 0.3) is 0 Å². The van der Waals surface area contributed by atoms with Crippen LogP contribution < -0.4 is 5.32 Å². The first-order valence-electron chi connectivity index (χ1n) is 5.62. The molecule has 0 aliphatic carbocycles. The Kier molecular flexibility index (Phi) is 5.26. The van der Waals surface area contributed by atoms with Crippen LogP contribution >= 0.6 is 0 Å². The molecule has 1 aromatic rings. The van der Waals surface area contributed by atoms with Crippen molar-refractivity contribution in [2.45, 2.75) is 39.2 Å². The molecule has 0 fully saturated rings. The fraction of sp³-hybridized carbons (Fsp3) is 0.500. The molecule has 1 amide bonds. The van der Waals surface area contributed by atoms with Gasteiger partial charge >= 0.3 is 5.97 Å². The normalized spacial score (nSPS) is 10.2. The van der Waals surface area contributed by atoms with Gasteiger partial charge in [-0.2, -0.15) is 0 Å². The predicted molar refractivity (Wildman–Crippen MR) is 61.4 cm³/mol. The van der Waals surface area contributed by atoms with E-state index < -0.39 is 5.97 Å². The van der Waals surface area contributed by atoms with Gasteiger partial charge in [-0.3, -0.25) is 9.59 Å². The minimum Gasteiger partial charge on any atom is -0.481 e. The molecule has 0 saturated heterocycles. The molecular weight excluding hydrogens is 222 g/mol. The highest BCUT2D eigenvalue weighted by Crippen LogP contribution is 2.06. The van der Waals surface area contributed by atoms with Gasteiger partial charge in [0.1, 0.15) is 11.5 Å². The Morgan fingerprint density at radius 1 is 1.29 bits per heavy atom. The van der Waals surface area contributed by atoms with Gasteiger partial charge in [0.2, 0.25) is 5.91 Å². The third-order valence-corrected chi connectivity index (χ3v) is 2.30. The summed E-state index contributed by atoms with van der Waals surface area (Å²) in [6, 6.07) is 3.66. The van der Waals surface area contributed by atoms with Crippen molar-refractivity contribution in [3.05, 3.63) is 23.7 Å². The van der Waals surface area contributed by atoms with Crippen LogP contribution in [0, 0.1) is 6.92 Å². The third kappa shape index (κ3) is 5.75. The monoisotopic (exact) mass is 239 g/mol. The molecule has 5 nitrogen and oxygen atoms in total. The molecule has 0 bridgehead atoms. The van der Waals surface area contributed by atoms with Crippen molar-refractivity contribution in [3.8, 4) is 0 Å². The molecule has 0 radical (unpaired) electrons. The SMILES string of the molecule is Cc1ccc(CNC(=O)CCCCC(=O)O)o1. The molecule has 0 saturated carbocycles. The van der Waals surface area contributed by atoms with Gasteiger partial charge in [-0.15, -0.1) is 0 Å². The van der Waals surface area contributed by atoms with E-state index in [1.165, 1.54) is 0 Å². The van der Waals surface area contributed by atoms with Crippen molar-refractivity contribution in [1.29, 1.82) is 0 Å². The van der Waals surface area contributed by atoms with Gasteiger partial charge in [-0.25, -0.2) is 0 Å². The average molecular weight is 239 g/mol. The number of furan rings is 1. The van der Waals surface area contributed by atoms with Crippen LogP contribution in [0.1, 0.15) is 37.2 Å². The Hall–Kier alpha value is -1.78. The molecule has 17 heavy (non-hydrogen) atoms. The predicted octanol–water partition coefficient (Wildman–Crippen LogP) is 1.85. The highest BCUT2D eigenvalue weighted by Gasteiger charge is 2.04. The number of hydrogen-bond donors (Lipinski definition) is 2. The summed E-state index contributed by atoms with van der Waals surface area (Å²) in [5.41, 5.74) is 0. The molecule has 94 valence electrons. The van der Waals surface area contributed by atoms with Gasteiger partial charge in [0.15, 0.2) is 0 Å². The number of nitrogens with one attached hydrogen (secondary N) is 1. The zero-order chi connectivity index (χ0) is 12.7. The van der Waals surface area contributed by atoms with Crippen LogP contribution in [-0.4, -0.2) is 17.0 Å². The van der Waals surface area contributed by atoms with E-state index in [2.05, 4.69) is 5.32 Å². The average Bonchev–Trinajstić information content (AvgIpc) is 2.67. The second-order valence-corrected chi connectivity index (χ2v) is 3.89.